The topological polar surface area (TPSA) is 0 Å². The first-order valence-corrected chi connectivity index (χ1v) is 13.6. The molecule has 0 heteroatoms. The van der Waals surface area contributed by atoms with Gasteiger partial charge in [0.15, 0.2) is 0 Å². The minimum absolute atomic E-state index is 0.842. The Hall–Kier alpha value is -0.520. The fraction of sp³-hybridized carbons (Fsp3) is 0.862. The monoisotopic (exact) mass is 398 g/mol. The van der Waals surface area contributed by atoms with Gasteiger partial charge in [0.2, 0.25) is 0 Å². The van der Waals surface area contributed by atoms with Crippen molar-refractivity contribution in [1.82, 2.24) is 0 Å². The van der Waals surface area contributed by atoms with Gasteiger partial charge in [0, 0.05) is 0 Å². The largest absolute Gasteiger partial charge is 0.103 e. The molecule has 0 aliphatic heterocycles. The van der Waals surface area contributed by atoms with Crippen LogP contribution in [0.4, 0.5) is 0 Å². The Kier molecular flexibility index (Phi) is 10.4. The van der Waals surface area contributed by atoms with Gasteiger partial charge < -0.3 is 0 Å². The van der Waals surface area contributed by atoms with Gasteiger partial charge in [0.25, 0.3) is 0 Å². The van der Waals surface area contributed by atoms with Crippen molar-refractivity contribution < 1.29 is 0 Å². The minimum Gasteiger partial charge on any atom is -0.103 e. The highest BCUT2D eigenvalue weighted by molar-refractivity contribution is 4.90. The first-order valence-electron chi connectivity index (χ1n) is 13.6. The highest BCUT2D eigenvalue weighted by atomic mass is 14.3. The summed E-state index contributed by atoms with van der Waals surface area (Å²) in [5.41, 5.74) is 0. The predicted molar refractivity (Wildman–Crippen MR) is 129 cm³/mol. The lowest BCUT2D eigenvalue weighted by Gasteiger charge is -2.35. The molecule has 0 aromatic rings. The van der Waals surface area contributed by atoms with Crippen molar-refractivity contribution in [2.45, 2.75) is 122 Å². The second-order valence-corrected chi connectivity index (χ2v) is 10.9. The predicted octanol–water partition coefficient (Wildman–Crippen LogP) is 9.51. The second-order valence-electron chi connectivity index (χ2n) is 10.9. The fourth-order valence-corrected chi connectivity index (χ4v) is 7.14. The lowest BCUT2D eigenvalue weighted by Crippen LogP contribution is -2.23. The molecule has 0 N–H and O–H groups in total. The Morgan fingerprint density at radius 3 is 1.24 bits per heavy atom. The van der Waals surface area contributed by atoms with Crippen molar-refractivity contribution in [3.05, 3.63) is 24.8 Å². The van der Waals surface area contributed by atoms with Crippen LogP contribution in [-0.2, 0) is 0 Å². The van der Waals surface area contributed by atoms with Crippen LogP contribution < -0.4 is 0 Å². The van der Waals surface area contributed by atoms with Gasteiger partial charge in [-0.15, -0.1) is 6.58 Å². The van der Waals surface area contributed by atoms with Crippen LogP contribution in [0.1, 0.15) is 122 Å². The number of hydrogen-bond donors (Lipinski definition) is 0. The fourth-order valence-electron chi connectivity index (χ4n) is 7.14. The molecule has 0 aromatic heterocycles. The van der Waals surface area contributed by atoms with Gasteiger partial charge in [-0.2, -0.15) is 0 Å². The lowest BCUT2D eigenvalue weighted by molar-refractivity contribution is 0.180. The van der Waals surface area contributed by atoms with Crippen molar-refractivity contribution >= 4 is 0 Å². The molecule has 4 saturated carbocycles. The first kappa shape index (κ1) is 23.1. The average Bonchev–Trinajstić information content (AvgIpc) is 2.81. The summed E-state index contributed by atoms with van der Waals surface area (Å²) in [5.74, 6) is 6.11. The quantitative estimate of drug-likeness (QED) is 0.413. The van der Waals surface area contributed by atoms with Crippen LogP contribution in [0.3, 0.4) is 0 Å². The molecule has 4 aliphatic rings. The van der Waals surface area contributed by atoms with E-state index in [1.165, 1.54) is 103 Å². The molecule has 4 fully saturated rings. The molecule has 4 aliphatic carbocycles. The van der Waals surface area contributed by atoms with E-state index in [1.54, 1.807) is 12.8 Å². The van der Waals surface area contributed by atoms with E-state index in [0.29, 0.717) is 0 Å². The summed E-state index contributed by atoms with van der Waals surface area (Å²) in [6.07, 6.45) is 33.8. The van der Waals surface area contributed by atoms with E-state index < -0.39 is 0 Å². The smallest absolute Gasteiger partial charge is 0.0233 e. The van der Waals surface area contributed by atoms with Crippen molar-refractivity contribution in [1.29, 1.82) is 0 Å². The highest BCUT2D eigenvalue weighted by Crippen LogP contribution is 2.41. The Morgan fingerprint density at radius 1 is 0.483 bits per heavy atom. The van der Waals surface area contributed by atoms with Crippen LogP contribution in [0.5, 0.6) is 0 Å². The summed E-state index contributed by atoms with van der Waals surface area (Å²) in [6, 6.07) is 0. The summed E-state index contributed by atoms with van der Waals surface area (Å²) in [6.45, 7) is 6.08. The summed E-state index contributed by atoms with van der Waals surface area (Å²) >= 11 is 0. The third-order valence-corrected chi connectivity index (χ3v) is 9.06. The van der Waals surface area contributed by atoms with Gasteiger partial charge in [-0.25, -0.2) is 0 Å². The van der Waals surface area contributed by atoms with E-state index in [2.05, 4.69) is 31.7 Å². The number of hydrogen-bond acceptors (Lipinski definition) is 0. The molecular weight excluding hydrogens is 348 g/mol. The zero-order valence-corrected chi connectivity index (χ0v) is 19.6. The third kappa shape index (κ3) is 7.59. The summed E-state index contributed by atoms with van der Waals surface area (Å²) in [4.78, 5) is 0. The van der Waals surface area contributed by atoms with Crippen LogP contribution in [0.2, 0.25) is 0 Å². The second kappa shape index (κ2) is 13.0. The van der Waals surface area contributed by atoms with E-state index in [-0.39, 0.29) is 0 Å². The van der Waals surface area contributed by atoms with Gasteiger partial charge in [0.1, 0.15) is 0 Å². The molecule has 0 bridgehead atoms. The Morgan fingerprint density at radius 2 is 0.862 bits per heavy atom. The molecule has 0 unspecified atom stereocenters. The van der Waals surface area contributed by atoms with Crippen molar-refractivity contribution in [2.24, 2.45) is 35.5 Å². The molecule has 0 amide bonds. The minimum atomic E-state index is 0.842. The highest BCUT2D eigenvalue weighted by Gasteiger charge is 2.28. The van der Waals surface area contributed by atoms with E-state index in [0.717, 1.165) is 35.5 Å². The lowest BCUT2D eigenvalue weighted by atomic mass is 9.71. The average molecular weight is 399 g/mol. The van der Waals surface area contributed by atoms with Crippen molar-refractivity contribution in [3.8, 4) is 0 Å². The van der Waals surface area contributed by atoms with Crippen LogP contribution in [0.15, 0.2) is 24.8 Å². The first-order chi connectivity index (χ1) is 14.3. The van der Waals surface area contributed by atoms with Gasteiger partial charge in [-0.1, -0.05) is 82.4 Å². The zero-order valence-electron chi connectivity index (χ0n) is 19.6. The Labute approximate surface area is 183 Å². The molecule has 0 nitrogen and oxygen atoms in total. The van der Waals surface area contributed by atoms with Gasteiger partial charge >= 0.3 is 0 Å². The van der Waals surface area contributed by atoms with Gasteiger partial charge in [-0.05, 0) is 93.8 Å². The SMILES string of the molecule is C/C=C/C1CCC(C2CCCCC2)CC1.C=CC1CCC(C2CCCCC2)CC1. The number of rotatable bonds is 4. The van der Waals surface area contributed by atoms with E-state index in [9.17, 15) is 0 Å². The van der Waals surface area contributed by atoms with Crippen LogP contribution >= 0.6 is 0 Å². The molecule has 29 heavy (non-hydrogen) atoms. The maximum atomic E-state index is 3.92. The molecule has 0 heterocycles. The van der Waals surface area contributed by atoms with Gasteiger partial charge in [0.05, 0.1) is 0 Å². The Balaban J connectivity index is 0.000000166. The summed E-state index contributed by atoms with van der Waals surface area (Å²) in [7, 11) is 0. The molecule has 4 rings (SSSR count). The summed E-state index contributed by atoms with van der Waals surface area (Å²) in [5, 5.41) is 0. The summed E-state index contributed by atoms with van der Waals surface area (Å²) < 4.78 is 0. The van der Waals surface area contributed by atoms with E-state index >= 15 is 0 Å². The molecular formula is C29H50. The van der Waals surface area contributed by atoms with Gasteiger partial charge in [-0.3, -0.25) is 0 Å². The van der Waals surface area contributed by atoms with Crippen molar-refractivity contribution in [3.63, 3.8) is 0 Å². The van der Waals surface area contributed by atoms with Crippen LogP contribution in [0, 0.1) is 35.5 Å². The van der Waals surface area contributed by atoms with E-state index in [4.69, 9.17) is 0 Å². The Bertz CT molecular complexity index is 446. The molecule has 0 saturated heterocycles. The molecule has 0 atom stereocenters. The molecule has 0 radical (unpaired) electrons. The maximum absolute atomic E-state index is 3.92. The van der Waals surface area contributed by atoms with Crippen LogP contribution in [0.25, 0.3) is 0 Å². The standard InChI is InChI=1S/C15H26.C14H24/c1-2-6-13-9-11-15(12-10-13)14-7-4-3-5-8-14;1-2-12-8-10-14(11-9-12)13-6-4-3-5-7-13/h2,6,13-15H,3-5,7-12H2,1H3;2,12-14H,1,3-11H2/b6-2+;. The molecule has 166 valence electrons. The van der Waals surface area contributed by atoms with Crippen molar-refractivity contribution in [2.75, 3.05) is 0 Å². The zero-order chi connectivity index (χ0) is 20.3. The maximum Gasteiger partial charge on any atom is -0.0233 e. The molecule has 0 spiro atoms. The van der Waals surface area contributed by atoms with E-state index in [1.807, 2.05) is 0 Å². The molecule has 0 aromatic carbocycles. The van der Waals surface area contributed by atoms with Crippen LogP contribution in [-0.4, -0.2) is 0 Å². The normalized spacial score (nSPS) is 35.1. The third-order valence-electron chi connectivity index (χ3n) is 9.06. The number of allylic oxidation sites excluding steroid dienone is 3.